The average molecular weight is 383 g/mol. The van der Waals surface area contributed by atoms with Gasteiger partial charge in [-0.15, -0.1) is 0 Å². The Kier molecular flexibility index (Phi) is 6.13. The monoisotopic (exact) mass is 383 g/mol. The lowest BCUT2D eigenvalue weighted by Crippen LogP contribution is -2.33. The fraction of sp³-hybridized carbons (Fsp3) is 0.250. The summed E-state index contributed by atoms with van der Waals surface area (Å²) in [5, 5.41) is 2.98. The van der Waals surface area contributed by atoms with Crippen molar-refractivity contribution in [3.63, 3.8) is 0 Å². The van der Waals surface area contributed by atoms with Crippen molar-refractivity contribution in [2.45, 2.75) is 18.6 Å². The number of nitrogens with one attached hydrogen (secondary N) is 1. The molecule has 1 N–H and O–H groups in total. The molecule has 1 saturated heterocycles. The molecule has 2 aromatic carbocycles. The number of hydrogen-bond acceptors (Lipinski definition) is 5. The standard InChI is InChI=1S/C20H21N3O3S/c1-3-23-19(25)17(27-20(23)22-14-8-5-4-6-9-14)13-18(24)21-15-10-7-11-16(12-15)26-2/h4-12,17H,3,13H2,1-2H3,(H,21,24). The molecule has 7 heteroatoms. The van der Waals surface area contributed by atoms with E-state index in [1.165, 1.54) is 11.8 Å². The van der Waals surface area contributed by atoms with Gasteiger partial charge in [-0.05, 0) is 31.2 Å². The molecule has 1 atom stereocenters. The van der Waals surface area contributed by atoms with Crippen molar-refractivity contribution in [2.75, 3.05) is 19.0 Å². The summed E-state index contributed by atoms with van der Waals surface area (Å²) in [5.41, 5.74) is 1.42. The lowest BCUT2D eigenvalue weighted by Gasteiger charge is -2.13. The average Bonchev–Trinajstić information content (AvgIpc) is 2.96. The Morgan fingerprint density at radius 1 is 1.22 bits per heavy atom. The normalized spacial score (nSPS) is 18.0. The van der Waals surface area contributed by atoms with Crippen LogP contribution in [0.4, 0.5) is 11.4 Å². The van der Waals surface area contributed by atoms with Crippen LogP contribution < -0.4 is 10.1 Å². The number of benzene rings is 2. The van der Waals surface area contributed by atoms with Crippen LogP contribution in [0.3, 0.4) is 0 Å². The molecule has 0 saturated carbocycles. The first-order chi connectivity index (χ1) is 13.1. The van der Waals surface area contributed by atoms with Crippen molar-refractivity contribution in [3.05, 3.63) is 54.6 Å². The van der Waals surface area contributed by atoms with Crippen LogP contribution in [-0.2, 0) is 9.59 Å². The summed E-state index contributed by atoms with van der Waals surface area (Å²) < 4.78 is 5.15. The van der Waals surface area contributed by atoms with Crippen LogP contribution in [0.5, 0.6) is 5.75 Å². The summed E-state index contributed by atoms with van der Waals surface area (Å²) >= 11 is 1.33. The largest absolute Gasteiger partial charge is 0.497 e. The lowest BCUT2D eigenvalue weighted by molar-refractivity contribution is -0.128. The molecule has 3 rings (SSSR count). The van der Waals surface area contributed by atoms with Crippen molar-refractivity contribution < 1.29 is 14.3 Å². The molecule has 0 aromatic heterocycles. The number of amides is 2. The number of thioether (sulfide) groups is 1. The van der Waals surface area contributed by atoms with Crippen LogP contribution in [0.15, 0.2) is 59.6 Å². The van der Waals surface area contributed by atoms with Gasteiger partial charge in [-0.25, -0.2) is 4.99 Å². The maximum Gasteiger partial charge on any atom is 0.242 e. The number of methoxy groups -OCH3 is 1. The number of anilines is 1. The van der Waals surface area contributed by atoms with Gasteiger partial charge in [0.1, 0.15) is 11.0 Å². The van der Waals surface area contributed by atoms with E-state index in [0.29, 0.717) is 23.1 Å². The van der Waals surface area contributed by atoms with Gasteiger partial charge < -0.3 is 10.1 Å². The number of para-hydroxylation sites is 1. The van der Waals surface area contributed by atoms with Gasteiger partial charge in [0.15, 0.2) is 5.17 Å². The highest BCUT2D eigenvalue weighted by Crippen LogP contribution is 2.31. The third-order valence-electron chi connectivity index (χ3n) is 4.04. The minimum atomic E-state index is -0.474. The van der Waals surface area contributed by atoms with Gasteiger partial charge in [-0.1, -0.05) is 36.0 Å². The lowest BCUT2D eigenvalue weighted by atomic mass is 10.2. The van der Waals surface area contributed by atoms with Crippen LogP contribution in [0.2, 0.25) is 0 Å². The Morgan fingerprint density at radius 2 is 2.00 bits per heavy atom. The summed E-state index contributed by atoms with van der Waals surface area (Å²) in [6.45, 7) is 2.42. The Labute approximate surface area is 162 Å². The predicted molar refractivity (Wildman–Crippen MR) is 109 cm³/mol. The Balaban J connectivity index is 1.68. The maximum absolute atomic E-state index is 12.6. The van der Waals surface area contributed by atoms with E-state index in [2.05, 4.69) is 10.3 Å². The zero-order valence-corrected chi connectivity index (χ0v) is 16.0. The second kappa shape index (κ2) is 8.73. The zero-order chi connectivity index (χ0) is 19.2. The molecule has 1 aliphatic rings. The molecule has 27 heavy (non-hydrogen) atoms. The summed E-state index contributed by atoms with van der Waals surface area (Å²) in [4.78, 5) is 31.2. The van der Waals surface area contributed by atoms with E-state index in [1.54, 1.807) is 36.3 Å². The van der Waals surface area contributed by atoms with E-state index in [9.17, 15) is 9.59 Å². The Morgan fingerprint density at radius 3 is 2.70 bits per heavy atom. The molecule has 0 bridgehead atoms. The summed E-state index contributed by atoms with van der Waals surface area (Å²) in [6.07, 6.45) is 0.0883. The molecule has 6 nitrogen and oxygen atoms in total. The number of amidine groups is 1. The number of carbonyl (C=O) groups is 2. The van der Waals surface area contributed by atoms with Gasteiger partial charge in [0.2, 0.25) is 11.8 Å². The van der Waals surface area contributed by atoms with Crippen LogP contribution in [-0.4, -0.2) is 40.8 Å². The van der Waals surface area contributed by atoms with Gasteiger partial charge in [0.05, 0.1) is 12.8 Å². The molecule has 0 aliphatic carbocycles. The van der Waals surface area contributed by atoms with Crippen molar-refractivity contribution in [1.29, 1.82) is 0 Å². The van der Waals surface area contributed by atoms with Gasteiger partial charge >= 0.3 is 0 Å². The highest BCUT2D eigenvalue weighted by Gasteiger charge is 2.38. The molecule has 2 amide bonds. The molecular formula is C20H21N3O3S. The number of ether oxygens (including phenoxy) is 1. The smallest absolute Gasteiger partial charge is 0.242 e. The molecular weight excluding hydrogens is 362 g/mol. The molecule has 140 valence electrons. The second-order valence-corrected chi connectivity index (χ2v) is 7.07. The number of hydrogen-bond donors (Lipinski definition) is 1. The summed E-state index contributed by atoms with van der Waals surface area (Å²) in [7, 11) is 1.57. The second-order valence-electron chi connectivity index (χ2n) is 5.90. The van der Waals surface area contributed by atoms with E-state index < -0.39 is 5.25 Å². The van der Waals surface area contributed by atoms with E-state index >= 15 is 0 Å². The first-order valence-electron chi connectivity index (χ1n) is 8.66. The quantitative estimate of drug-likeness (QED) is 0.826. The predicted octanol–water partition coefficient (Wildman–Crippen LogP) is 3.68. The Hall–Kier alpha value is -2.80. The van der Waals surface area contributed by atoms with Gasteiger partial charge in [0.25, 0.3) is 0 Å². The number of carbonyl (C=O) groups excluding carboxylic acids is 2. The number of aliphatic imine (C=N–C) groups is 1. The minimum absolute atomic E-state index is 0.0852. The van der Waals surface area contributed by atoms with Crippen LogP contribution in [0, 0.1) is 0 Å². The van der Waals surface area contributed by atoms with E-state index in [4.69, 9.17) is 4.74 Å². The van der Waals surface area contributed by atoms with E-state index in [-0.39, 0.29) is 18.2 Å². The fourth-order valence-electron chi connectivity index (χ4n) is 2.71. The third kappa shape index (κ3) is 4.68. The van der Waals surface area contributed by atoms with E-state index in [1.807, 2.05) is 37.3 Å². The van der Waals surface area contributed by atoms with Crippen molar-refractivity contribution >= 4 is 40.1 Å². The molecule has 1 aliphatic heterocycles. The van der Waals surface area contributed by atoms with Crippen LogP contribution in [0.1, 0.15) is 13.3 Å². The highest BCUT2D eigenvalue weighted by atomic mass is 32.2. The van der Waals surface area contributed by atoms with E-state index in [0.717, 1.165) is 5.69 Å². The molecule has 0 spiro atoms. The van der Waals surface area contributed by atoms with Crippen LogP contribution >= 0.6 is 11.8 Å². The third-order valence-corrected chi connectivity index (χ3v) is 5.22. The number of nitrogens with zero attached hydrogens (tertiary/aromatic N) is 2. The van der Waals surface area contributed by atoms with Crippen LogP contribution in [0.25, 0.3) is 0 Å². The van der Waals surface area contributed by atoms with Gasteiger partial charge in [-0.3, -0.25) is 14.5 Å². The minimum Gasteiger partial charge on any atom is -0.497 e. The first kappa shape index (κ1) is 19.0. The van der Waals surface area contributed by atoms with Crippen molar-refractivity contribution in [3.8, 4) is 5.75 Å². The topological polar surface area (TPSA) is 71.0 Å². The molecule has 1 heterocycles. The van der Waals surface area contributed by atoms with Gasteiger partial charge in [0, 0.05) is 24.7 Å². The SMILES string of the molecule is CCN1C(=O)C(CC(=O)Nc2cccc(OC)c2)SC1=Nc1ccccc1. The molecule has 1 fully saturated rings. The maximum atomic E-state index is 12.6. The summed E-state index contributed by atoms with van der Waals surface area (Å²) in [6, 6.07) is 16.6. The van der Waals surface area contributed by atoms with Gasteiger partial charge in [-0.2, -0.15) is 0 Å². The zero-order valence-electron chi connectivity index (χ0n) is 15.2. The van der Waals surface area contributed by atoms with Crippen molar-refractivity contribution in [2.24, 2.45) is 4.99 Å². The summed E-state index contributed by atoms with van der Waals surface area (Å²) in [5.74, 6) is 0.359. The van der Waals surface area contributed by atoms with Crippen molar-refractivity contribution in [1.82, 2.24) is 4.90 Å². The number of rotatable bonds is 6. The molecule has 2 aromatic rings. The fourth-order valence-corrected chi connectivity index (χ4v) is 3.93. The molecule has 0 radical (unpaired) electrons. The first-order valence-corrected chi connectivity index (χ1v) is 9.54. The molecule has 1 unspecified atom stereocenters. The highest BCUT2D eigenvalue weighted by molar-refractivity contribution is 8.15. The Bertz CT molecular complexity index is 855.